The van der Waals surface area contributed by atoms with Gasteiger partial charge in [-0.25, -0.2) is 14.2 Å². The van der Waals surface area contributed by atoms with Crippen LogP contribution >= 0.6 is 0 Å². The minimum absolute atomic E-state index is 0.0152. The first-order valence-electron chi connectivity index (χ1n) is 9.87. The average molecular weight is 440 g/mol. The van der Waals surface area contributed by atoms with Crippen molar-refractivity contribution < 1.29 is 28.3 Å². The first-order chi connectivity index (χ1) is 15.4. The molecule has 166 valence electrons. The van der Waals surface area contributed by atoms with Gasteiger partial charge in [-0.05, 0) is 49.4 Å². The molecule has 0 aliphatic carbocycles. The number of esters is 1. The van der Waals surface area contributed by atoms with Crippen molar-refractivity contribution in [1.82, 2.24) is 5.01 Å². The number of hydrogen-bond donors (Lipinski definition) is 2. The highest BCUT2D eigenvalue weighted by Crippen LogP contribution is 2.15. The van der Waals surface area contributed by atoms with E-state index in [2.05, 4.69) is 15.7 Å². The fourth-order valence-electron chi connectivity index (χ4n) is 2.90. The van der Waals surface area contributed by atoms with E-state index >= 15 is 0 Å². The molecule has 0 saturated carbocycles. The Morgan fingerprint density at radius 3 is 2.53 bits per heavy atom. The minimum Gasteiger partial charge on any atom is -0.462 e. The second kappa shape index (κ2) is 10.3. The van der Waals surface area contributed by atoms with Crippen molar-refractivity contribution in [3.8, 4) is 0 Å². The SMILES string of the molecule is CCOC(=O)c1cccc(NC(=O)CN2N=C(C(=O)Nc3ccc(F)cc3)CCC2=O)c1. The molecule has 1 aliphatic heterocycles. The molecule has 0 bridgehead atoms. The first kappa shape index (κ1) is 22.6. The minimum atomic E-state index is -0.552. The third-order valence-electron chi connectivity index (χ3n) is 4.42. The molecule has 3 rings (SSSR count). The molecular formula is C22H21FN4O5. The summed E-state index contributed by atoms with van der Waals surface area (Å²) in [6.07, 6.45) is 0.132. The van der Waals surface area contributed by atoms with E-state index in [1.807, 2.05) is 0 Å². The van der Waals surface area contributed by atoms with E-state index < -0.39 is 36.1 Å². The summed E-state index contributed by atoms with van der Waals surface area (Å²) in [5.74, 6) is -2.46. The Hall–Kier alpha value is -4.08. The van der Waals surface area contributed by atoms with Gasteiger partial charge in [0.15, 0.2) is 0 Å². The summed E-state index contributed by atoms with van der Waals surface area (Å²) in [6.45, 7) is 1.51. The fourth-order valence-corrected chi connectivity index (χ4v) is 2.90. The molecule has 0 spiro atoms. The second-order valence-corrected chi connectivity index (χ2v) is 6.81. The van der Waals surface area contributed by atoms with Crippen LogP contribution in [-0.2, 0) is 19.1 Å². The van der Waals surface area contributed by atoms with Crippen LogP contribution in [0.1, 0.15) is 30.1 Å². The van der Waals surface area contributed by atoms with Crippen molar-refractivity contribution in [2.75, 3.05) is 23.8 Å². The van der Waals surface area contributed by atoms with Crippen molar-refractivity contribution in [1.29, 1.82) is 0 Å². The van der Waals surface area contributed by atoms with Gasteiger partial charge in [0.25, 0.3) is 5.91 Å². The number of anilines is 2. The summed E-state index contributed by atoms with van der Waals surface area (Å²) in [4.78, 5) is 48.8. The van der Waals surface area contributed by atoms with Crippen LogP contribution in [0.5, 0.6) is 0 Å². The predicted octanol–water partition coefficient (Wildman–Crippen LogP) is 2.56. The van der Waals surface area contributed by atoms with Crippen molar-refractivity contribution in [3.63, 3.8) is 0 Å². The second-order valence-electron chi connectivity index (χ2n) is 6.81. The molecule has 0 saturated heterocycles. The summed E-state index contributed by atoms with van der Waals surface area (Å²) in [5.41, 5.74) is 1.08. The zero-order valence-electron chi connectivity index (χ0n) is 17.3. The first-order valence-corrected chi connectivity index (χ1v) is 9.87. The number of nitrogens with one attached hydrogen (secondary N) is 2. The van der Waals surface area contributed by atoms with Crippen molar-refractivity contribution in [2.45, 2.75) is 19.8 Å². The maximum absolute atomic E-state index is 13.0. The third kappa shape index (κ3) is 5.97. The summed E-state index contributed by atoms with van der Waals surface area (Å²) in [7, 11) is 0. The van der Waals surface area contributed by atoms with Crippen LogP contribution in [0.3, 0.4) is 0 Å². The molecule has 1 heterocycles. The molecule has 2 aromatic carbocycles. The molecule has 3 amide bonds. The lowest BCUT2D eigenvalue weighted by Crippen LogP contribution is -2.40. The van der Waals surface area contributed by atoms with Crippen molar-refractivity contribution >= 4 is 40.8 Å². The normalized spacial score (nSPS) is 13.2. The molecule has 0 unspecified atom stereocenters. The number of carbonyl (C=O) groups is 4. The van der Waals surface area contributed by atoms with E-state index in [1.165, 1.54) is 30.3 Å². The van der Waals surface area contributed by atoms with Gasteiger partial charge in [-0.1, -0.05) is 6.07 Å². The summed E-state index contributed by atoms with van der Waals surface area (Å²) in [5, 5.41) is 10.1. The van der Waals surface area contributed by atoms with Crippen LogP contribution < -0.4 is 10.6 Å². The number of benzene rings is 2. The maximum Gasteiger partial charge on any atom is 0.338 e. The van der Waals surface area contributed by atoms with E-state index in [4.69, 9.17) is 4.74 Å². The molecule has 1 aliphatic rings. The smallest absolute Gasteiger partial charge is 0.338 e. The lowest BCUT2D eigenvalue weighted by atomic mass is 10.1. The maximum atomic E-state index is 13.0. The van der Waals surface area contributed by atoms with Gasteiger partial charge in [-0.15, -0.1) is 0 Å². The highest BCUT2D eigenvalue weighted by Gasteiger charge is 2.26. The molecule has 0 fully saturated rings. The van der Waals surface area contributed by atoms with Gasteiger partial charge in [0.05, 0.1) is 12.2 Å². The quantitative estimate of drug-likeness (QED) is 0.642. The zero-order valence-corrected chi connectivity index (χ0v) is 17.3. The Morgan fingerprint density at radius 1 is 1.06 bits per heavy atom. The monoisotopic (exact) mass is 440 g/mol. The molecular weight excluding hydrogens is 419 g/mol. The predicted molar refractivity (Wildman–Crippen MR) is 114 cm³/mol. The Balaban J connectivity index is 1.64. The summed E-state index contributed by atoms with van der Waals surface area (Å²) in [6, 6.07) is 11.4. The van der Waals surface area contributed by atoms with E-state index in [9.17, 15) is 23.6 Å². The van der Waals surface area contributed by atoms with Crippen molar-refractivity contribution in [3.05, 3.63) is 59.9 Å². The van der Waals surface area contributed by atoms with Crippen LogP contribution in [0, 0.1) is 5.82 Å². The topological polar surface area (TPSA) is 117 Å². The van der Waals surface area contributed by atoms with Gasteiger partial charge < -0.3 is 15.4 Å². The van der Waals surface area contributed by atoms with Crippen LogP contribution in [0.15, 0.2) is 53.6 Å². The number of hydrogen-bond acceptors (Lipinski definition) is 6. The van der Waals surface area contributed by atoms with Gasteiger partial charge in [0, 0.05) is 24.2 Å². The van der Waals surface area contributed by atoms with E-state index in [0.29, 0.717) is 11.4 Å². The zero-order chi connectivity index (χ0) is 23.1. The number of halogens is 1. The number of hydrazone groups is 1. The molecule has 2 aromatic rings. The highest BCUT2D eigenvalue weighted by atomic mass is 19.1. The molecule has 0 atom stereocenters. The number of nitrogens with zero attached hydrogens (tertiary/aromatic N) is 2. The molecule has 0 radical (unpaired) electrons. The van der Waals surface area contributed by atoms with E-state index in [1.54, 1.807) is 25.1 Å². The molecule has 32 heavy (non-hydrogen) atoms. The van der Waals surface area contributed by atoms with Crippen LogP contribution in [0.25, 0.3) is 0 Å². The van der Waals surface area contributed by atoms with Crippen LogP contribution in [0.4, 0.5) is 15.8 Å². The number of carbonyl (C=O) groups excluding carboxylic acids is 4. The van der Waals surface area contributed by atoms with Gasteiger partial charge in [-0.3, -0.25) is 14.4 Å². The lowest BCUT2D eigenvalue weighted by molar-refractivity contribution is -0.135. The number of rotatable bonds is 7. The molecule has 2 N–H and O–H groups in total. The third-order valence-corrected chi connectivity index (χ3v) is 4.42. The van der Waals surface area contributed by atoms with Gasteiger partial charge >= 0.3 is 5.97 Å². The fraction of sp³-hybridized carbons (Fsp3) is 0.227. The van der Waals surface area contributed by atoms with Gasteiger partial charge in [0.1, 0.15) is 18.1 Å². The highest BCUT2D eigenvalue weighted by molar-refractivity contribution is 6.43. The average Bonchev–Trinajstić information content (AvgIpc) is 2.77. The van der Waals surface area contributed by atoms with Gasteiger partial charge in [-0.2, -0.15) is 5.10 Å². The van der Waals surface area contributed by atoms with Crippen LogP contribution in [-0.4, -0.2) is 47.6 Å². The Morgan fingerprint density at radius 2 is 1.81 bits per heavy atom. The number of amides is 3. The Labute approximate surface area is 183 Å². The van der Waals surface area contributed by atoms with E-state index in [-0.39, 0.29) is 30.7 Å². The molecule has 0 aromatic heterocycles. The summed E-state index contributed by atoms with van der Waals surface area (Å²) >= 11 is 0. The standard InChI is InChI=1S/C22H21FN4O5/c1-2-32-22(31)14-4-3-5-17(12-14)24-19(28)13-27-20(29)11-10-18(26-27)21(30)25-16-8-6-15(23)7-9-16/h3-9,12H,2,10-11,13H2,1H3,(H,24,28)(H,25,30). The van der Waals surface area contributed by atoms with Gasteiger partial charge in [0.2, 0.25) is 11.8 Å². The largest absolute Gasteiger partial charge is 0.462 e. The van der Waals surface area contributed by atoms with E-state index in [0.717, 1.165) is 5.01 Å². The van der Waals surface area contributed by atoms with Crippen LogP contribution in [0.2, 0.25) is 0 Å². The summed E-state index contributed by atoms with van der Waals surface area (Å²) < 4.78 is 17.9. The number of ether oxygens (including phenoxy) is 1. The Kier molecular flexibility index (Phi) is 7.27. The lowest BCUT2D eigenvalue weighted by Gasteiger charge is -2.22. The molecule has 10 heteroatoms. The molecule has 9 nitrogen and oxygen atoms in total. The Bertz CT molecular complexity index is 1070. The van der Waals surface area contributed by atoms with Crippen molar-refractivity contribution in [2.24, 2.45) is 5.10 Å².